The molecule has 5 heteroatoms. The van der Waals surface area contributed by atoms with Crippen molar-refractivity contribution in [1.82, 2.24) is 10.1 Å². The summed E-state index contributed by atoms with van der Waals surface area (Å²) in [7, 11) is 0. The Labute approximate surface area is 104 Å². The fraction of sp³-hybridized carbons (Fsp3) is 0.250. The molecule has 86 valence electrons. The Bertz CT molecular complexity index is 545. The van der Waals surface area contributed by atoms with Crippen LogP contribution in [0.2, 0.25) is 5.02 Å². The summed E-state index contributed by atoms with van der Waals surface area (Å²) >= 11 is 5.88. The molecular weight excluding hydrogens is 238 g/mol. The minimum atomic E-state index is 0.388. The summed E-state index contributed by atoms with van der Waals surface area (Å²) in [5.74, 6) is 1.11. The lowest BCUT2D eigenvalue weighted by molar-refractivity contribution is 0.375. The predicted molar refractivity (Wildman–Crippen MR) is 62.5 cm³/mol. The van der Waals surface area contributed by atoms with Gasteiger partial charge in [-0.3, -0.25) is 0 Å². The number of hydrogen-bond donors (Lipinski definition) is 0. The van der Waals surface area contributed by atoms with Crippen LogP contribution in [0, 0.1) is 11.3 Å². The summed E-state index contributed by atoms with van der Waals surface area (Å²) in [5.41, 5.74) is 1.03. The van der Waals surface area contributed by atoms with E-state index < -0.39 is 0 Å². The van der Waals surface area contributed by atoms with E-state index in [9.17, 15) is 0 Å². The molecule has 0 atom stereocenters. The van der Waals surface area contributed by atoms with Crippen LogP contribution in [0.5, 0.6) is 0 Å². The highest BCUT2D eigenvalue weighted by molar-refractivity contribution is 6.30. The van der Waals surface area contributed by atoms with Crippen molar-refractivity contribution in [2.45, 2.75) is 19.3 Å². The third kappa shape index (κ3) is 3.30. The molecule has 0 aliphatic rings. The first-order valence-electron chi connectivity index (χ1n) is 5.21. The molecule has 0 unspecified atom stereocenters. The number of nitriles is 1. The van der Waals surface area contributed by atoms with Crippen molar-refractivity contribution in [3.8, 4) is 6.07 Å². The van der Waals surface area contributed by atoms with E-state index in [4.69, 9.17) is 21.4 Å². The molecule has 1 aromatic carbocycles. The van der Waals surface area contributed by atoms with Crippen LogP contribution in [0.25, 0.3) is 0 Å². The molecule has 0 saturated heterocycles. The van der Waals surface area contributed by atoms with Gasteiger partial charge in [-0.2, -0.15) is 10.2 Å². The van der Waals surface area contributed by atoms with Crippen LogP contribution >= 0.6 is 11.6 Å². The molecular formula is C12H10ClN3O. The molecule has 0 N–H and O–H groups in total. The van der Waals surface area contributed by atoms with Gasteiger partial charge in [0.25, 0.3) is 0 Å². The zero-order valence-electron chi connectivity index (χ0n) is 9.06. The summed E-state index contributed by atoms with van der Waals surface area (Å²) in [6.07, 6.45) is 1.47. The first kappa shape index (κ1) is 11.6. The molecule has 1 aromatic heterocycles. The maximum Gasteiger partial charge on any atom is 0.227 e. The average Bonchev–Trinajstić information content (AvgIpc) is 2.74. The van der Waals surface area contributed by atoms with E-state index in [0.717, 1.165) is 5.56 Å². The van der Waals surface area contributed by atoms with E-state index in [0.29, 0.717) is 36.0 Å². The molecule has 1 heterocycles. The van der Waals surface area contributed by atoms with Gasteiger partial charge in [0.2, 0.25) is 5.89 Å². The van der Waals surface area contributed by atoms with Gasteiger partial charge >= 0.3 is 0 Å². The van der Waals surface area contributed by atoms with E-state index in [1.54, 1.807) is 0 Å². The zero-order chi connectivity index (χ0) is 12.1. The van der Waals surface area contributed by atoms with Gasteiger partial charge in [-0.1, -0.05) is 28.9 Å². The Morgan fingerprint density at radius 1 is 1.41 bits per heavy atom. The zero-order valence-corrected chi connectivity index (χ0v) is 9.81. The smallest absolute Gasteiger partial charge is 0.227 e. The number of rotatable bonds is 4. The lowest BCUT2D eigenvalue weighted by atomic mass is 10.1. The lowest BCUT2D eigenvalue weighted by Crippen LogP contribution is -1.91. The second-order valence-electron chi connectivity index (χ2n) is 3.57. The van der Waals surface area contributed by atoms with E-state index in [1.165, 1.54) is 0 Å². The molecule has 0 saturated carbocycles. The highest BCUT2D eigenvalue weighted by atomic mass is 35.5. The number of nitrogens with zero attached hydrogens (tertiary/aromatic N) is 3. The van der Waals surface area contributed by atoms with E-state index in [1.807, 2.05) is 30.3 Å². The molecule has 0 bridgehead atoms. The normalized spacial score (nSPS) is 10.1. The Balaban J connectivity index is 2.04. The van der Waals surface area contributed by atoms with Gasteiger partial charge in [-0.05, 0) is 17.7 Å². The van der Waals surface area contributed by atoms with Crippen molar-refractivity contribution < 1.29 is 4.52 Å². The van der Waals surface area contributed by atoms with Crippen molar-refractivity contribution >= 4 is 11.6 Å². The van der Waals surface area contributed by atoms with Crippen molar-refractivity contribution in [3.63, 3.8) is 0 Å². The maximum absolute atomic E-state index is 8.45. The van der Waals surface area contributed by atoms with Gasteiger partial charge in [-0.25, -0.2) is 0 Å². The Morgan fingerprint density at radius 3 is 3.06 bits per heavy atom. The average molecular weight is 248 g/mol. The number of benzene rings is 1. The molecule has 2 aromatic rings. The van der Waals surface area contributed by atoms with Crippen LogP contribution in [0.1, 0.15) is 23.7 Å². The van der Waals surface area contributed by atoms with Crippen LogP contribution < -0.4 is 0 Å². The Kier molecular flexibility index (Phi) is 3.73. The molecule has 0 fully saturated rings. The molecule has 0 aliphatic carbocycles. The van der Waals surface area contributed by atoms with Crippen LogP contribution in [-0.2, 0) is 12.8 Å². The number of hydrogen-bond acceptors (Lipinski definition) is 4. The van der Waals surface area contributed by atoms with Crippen molar-refractivity contribution in [3.05, 3.63) is 46.6 Å². The topological polar surface area (TPSA) is 62.7 Å². The van der Waals surface area contributed by atoms with Gasteiger partial charge in [-0.15, -0.1) is 0 Å². The summed E-state index contributed by atoms with van der Waals surface area (Å²) in [6.45, 7) is 0. The maximum atomic E-state index is 8.45. The first-order valence-corrected chi connectivity index (χ1v) is 5.58. The van der Waals surface area contributed by atoms with Gasteiger partial charge in [0.1, 0.15) is 0 Å². The van der Waals surface area contributed by atoms with Crippen LogP contribution in [0.3, 0.4) is 0 Å². The third-order valence-corrected chi connectivity index (χ3v) is 2.45. The van der Waals surface area contributed by atoms with Crippen molar-refractivity contribution in [2.75, 3.05) is 0 Å². The summed E-state index contributed by atoms with van der Waals surface area (Å²) < 4.78 is 5.02. The van der Waals surface area contributed by atoms with Crippen molar-refractivity contribution in [2.24, 2.45) is 0 Å². The third-order valence-electron chi connectivity index (χ3n) is 2.21. The van der Waals surface area contributed by atoms with Crippen LogP contribution in [0.15, 0.2) is 28.8 Å². The molecule has 17 heavy (non-hydrogen) atoms. The minimum Gasteiger partial charge on any atom is -0.339 e. The van der Waals surface area contributed by atoms with E-state index in [2.05, 4.69) is 10.1 Å². The van der Waals surface area contributed by atoms with E-state index in [-0.39, 0.29) is 0 Å². The standard InChI is InChI=1S/C12H10ClN3O/c13-10-4-1-3-9(7-10)8-11-15-12(17-16-11)5-2-6-14/h1,3-4,7H,2,5,8H2. The summed E-state index contributed by atoms with van der Waals surface area (Å²) in [6, 6.07) is 9.56. The quantitative estimate of drug-likeness (QED) is 0.833. The highest BCUT2D eigenvalue weighted by Gasteiger charge is 2.06. The fourth-order valence-electron chi connectivity index (χ4n) is 1.46. The predicted octanol–water partition coefficient (Wildman–Crippen LogP) is 2.77. The minimum absolute atomic E-state index is 0.388. The Morgan fingerprint density at radius 2 is 2.29 bits per heavy atom. The monoisotopic (exact) mass is 247 g/mol. The largest absolute Gasteiger partial charge is 0.339 e. The summed E-state index contributed by atoms with van der Waals surface area (Å²) in [5, 5.41) is 13.0. The molecule has 0 radical (unpaired) electrons. The molecule has 4 nitrogen and oxygen atoms in total. The number of halogens is 1. The molecule has 2 rings (SSSR count). The van der Waals surface area contributed by atoms with Gasteiger partial charge < -0.3 is 4.52 Å². The fourth-order valence-corrected chi connectivity index (χ4v) is 1.67. The second kappa shape index (κ2) is 5.46. The molecule has 0 amide bonds. The van der Waals surface area contributed by atoms with E-state index >= 15 is 0 Å². The first-order chi connectivity index (χ1) is 8.28. The second-order valence-corrected chi connectivity index (χ2v) is 4.01. The van der Waals surface area contributed by atoms with Crippen LogP contribution in [-0.4, -0.2) is 10.1 Å². The number of aryl methyl sites for hydroxylation is 1. The van der Waals surface area contributed by atoms with Gasteiger partial charge in [0.05, 0.1) is 6.07 Å². The molecule has 0 aliphatic heterocycles. The lowest BCUT2D eigenvalue weighted by Gasteiger charge is -1.96. The number of aromatic nitrogens is 2. The van der Waals surface area contributed by atoms with Gasteiger partial charge in [0.15, 0.2) is 5.82 Å². The molecule has 0 spiro atoms. The summed E-state index contributed by atoms with van der Waals surface area (Å²) in [4.78, 5) is 4.20. The van der Waals surface area contributed by atoms with Crippen molar-refractivity contribution in [1.29, 1.82) is 5.26 Å². The van der Waals surface area contributed by atoms with Crippen LogP contribution in [0.4, 0.5) is 0 Å². The highest BCUT2D eigenvalue weighted by Crippen LogP contribution is 2.13. The van der Waals surface area contributed by atoms with Gasteiger partial charge in [0, 0.05) is 24.3 Å². The Hall–Kier alpha value is -1.86. The SMILES string of the molecule is N#CCCc1nc(Cc2cccc(Cl)c2)no1.